The minimum Gasteiger partial charge on any atom is -0.447 e. The molecule has 10 nitrogen and oxygen atoms in total. The molecule has 0 aliphatic carbocycles. The standard InChI is InChI=1S/C24H41NO9/c1-21-5-4-6-22(2)23(21)25-24(26)34-20-19-33-18-17-32-16-15-31-14-13-30-12-11-29-10-9-28-8-7-27-3/h4-6H,7-20H2,1-3H3,(H,25,26). The molecule has 0 spiro atoms. The van der Waals surface area contributed by atoms with E-state index < -0.39 is 6.09 Å². The first-order valence-corrected chi connectivity index (χ1v) is 11.6. The quantitative estimate of drug-likeness (QED) is 0.247. The van der Waals surface area contributed by atoms with Crippen molar-refractivity contribution in [1.29, 1.82) is 0 Å². The van der Waals surface area contributed by atoms with Crippen LogP contribution in [0.1, 0.15) is 11.1 Å². The molecule has 1 aromatic carbocycles. The normalized spacial score (nSPS) is 11.0. The molecular formula is C24H41NO9. The molecule has 0 saturated carbocycles. The first-order valence-electron chi connectivity index (χ1n) is 11.6. The van der Waals surface area contributed by atoms with Gasteiger partial charge in [-0.3, -0.25) is 5.32 Å². The molecule has 0 aromatic heterocycles. The van der Waals surface area contributed by atoms with Crippen molar-refractivity contribution in [2.45, 2.75) is 13.8 Å². The van der Waals surface area contributed by atoms with E-state index in [1.165, 1.54) is 0 Å². The van der Waals surface area contributed by atoms with Gasteiger partial charge in [0.1, 0.15) is 6.61 Å². The van der Waals surface area contributed by atoms with Crippen LogP contribution >= 0.6 is 0 Å². The van der Waals surface area contributed by atoms with Crippen LogP contribution in [0, 0.1) is 13.8 Å². The molecule has 0 aliphatic heterocycles. The van der Waals surface area contributed by atoms with E-state index in [0.29, 0.717) is 85.9 Å². The Labute approximate surface area is 203 Å². The number of amides is 1. The predicted molar refractivity (Wildman–Crippen MR) is 128 cm³/mol. The molecule has 1 aromatic rings. The Morgan fingerprint density at radius 2 is 0.971 bits per heavy atom. The fourth-order valence-corrected chi connectivity index (χ4v) is 2.69. The molecule has 34 heavy (non-hydrogen) atoms. The highest BCUT2D eigenvalue weighted by atomic mass is 16.6. The molecule has 0 heterocycles. The highest BCUT2D eigenvalue weighted by Gasteiger charge is 2.07. The van der Waals surface area contributed by atoms with E-state index in [-0.39, 0.29) is 6.61 Å². The number of para-hydroxylation sites is 1. The van der Waals surface area contributed by atoms with Gasteiger partial charge in [-0.05, 0) is 25.0 Å². The fourth-order valence-electron chi connectivity index (χ4n) is 2.69. The second kappa shape index (κ2) is 21.7. The van der Waals surface area contributed by atoms with Crippen LogP contribution in [-0.2, 0) is 37.9 Å². The topological polar surface area (TPSA) is 103 Å². The lowest BCUT2D eigenvalue weighted by atomic mass is 10.1. The number of aryl methyl sites for hydroxylation is 2. The van der Waals surface area contributed by atoms with Crippen LogP contribution in [0.15, 0.2) is 18.2 Å². The SMILES string of the molecule is COCCOCCOCCOCCOCCOCCOCCOC(=O)Nc1c(C)cccc1C. The molecule has 0 bridgehead atoms. The number of carbonyl (C=O) groups is 1. The predicted octanol–water partition coefficient (Wildman–Crippen LogP) is 2.60. The smallest absolute Gasteiger partial charge is 0.411 e. The molecule has 1 rings (SSSR count). The number of ether oxygens (including phenoxy) is 8. The van der Waals surface area contributed by atoms with Gasteiger partial charge < -0.3 is 37.9 Å². The van der Waals surface area contributed by atoms with Gasteiger partial charge in [0, 0.05) is 12.8 Å². The van der Waals surface area contributed by atoms with E-state index in [4.69, 9.17) is 37.9 Å². The van der Waals surface area contributed by atoms with Crippen LogP contribution in [0.3, 0.4) is 0 Å². The minimum absolute atomic E-state index is 0.174. The maximum atomic E-state index is 11.9. The van der Waals surface area contributed by atoms with Gasteiger partial charge >= 0.3 is 6.09 Å². The lowest BCUT2D eigenvalue weighted by molar-refractivity contribution is -0.0204. The van der Waals surface area contributed by atoms with Crippen molar-refractivity contribution in [2.24, 2.45) is 0 Å². The van der Waals surface area contributed by atoms with Crippen LogP contribution in [0.4, 0.5) is 10.5 Å². The zero-order chi connectivity index (χ0) is 24.7. The molecule has 0 saturated heterocycles. The van der Waals surface area contributed by atoms with Crippen LogP contribution in [0.25, 0.3) is 0 Å². The van der Waals surface area contributed by atoms with Gasteiger partial charge in [-0.15, -0.1) is 0 Å². The van der Waals surface area contributed by atoms with E-state index in [1.807, 2.05) is 32.0 Å². The zero-order valence-corrected chi connectivity index (χ0v) is 20.8. The van der Waals surface area contributed by atoms with Crippen molar-refractivity contribution in [2.75, 3.05) is 105 Å². The zero-order valence-electron chi connectivity index (χ0n) is 20.8. The molecule has 0 fully saturated rings. The largest absolute Gasteiger partial charge is 0.447 e. The van der Waals surface area contributed by atoms with Crippen molar-refractivity contribution in [3.05, 3.63) is 29.3 Å². The summed E-state index contributed by atoms with van der Waals surface area (Å²) in [4.78, 5) is 11.9. The van der Waals surface area contributed by atoms with Crippen LogP contribution in [-0.4, -0.2) is 106 Å². The maximum absolute atomic E-state index is 11.9. The summed E-state index contributed by atoms with van der Waals surface area (Å²) in [5.74, 6) is 0. The van der Waals surface area contributed by atoms with Gasteiger partial charge in [0.25, 0.3) is 0 Å². The first kappa shape index (κ1) is 30.2. The second-order valence-corrected chi connectivity index (χ2v) is 7.19. The Hall–Kier alpha value is -1.79. The highest BCUT2D eigenvalue weighted by molar-refractivity contribution is 5.86. The number of methoxy groups -OCH3 is 1. The minimum atomic E-state index is -0.491. The third-order valence-electron chi connectivity index (χ3n) is 4.46. The lowest BCUT2D eigenvalue weighted by Crippen LogP contribution is -2.19. The number of carbonyl (C=O) groups excluding carboxylic acids is 1. The summed E-state index contributed by atoms with van der Waals surface area (Å²) in [7, 11) is 1.64. The number of hydrogen-bond acceptors (Lipinski definition) is 9. The van der Waals surface area contributed by atoms with Gasteiger partial charge in [0.2, 0.25) is 0 Å². The van der Waals surface area contributed by atoms with Crippen LogP contribution < -0.4 is 5.32 Å². The fraction of sp³-hybridized carbons (Fsp3) is 0.708. The molecule has 1 N–H and O–H groups in total. The summed E-state index contributed by atoms with van der Waals surface area (Å²) < 4.78 is 42.3. The van der Waals surface area contributed by atoms with E-state index in [0.717, 1.165) is 16.8 Å². The summed E-state index contributed by atoms with van der Waals surface area (Å²) >= 11 is 0. The van der Waals surface area contributed by atoms with Gasteiger partial charge in [0.15, 0.2) is 0 Å². The number of benzene rings is 1. The van der Waals surface area contributed by atoms with E-state index in [2.05, 4.69) is 5.32 Å². The number of hydrogen-bond donors (Lipinski definition) is 1. The summed E-state index contributed by atoms with van der Waals surface area (Å²) in [6.45, 7) is 10.5. The van der Waals surface area contributed by atoms with E-state index >= 15 is 0 Å². The number of anilines is 1. The molecule has 0 aliphatic rings. The lowest BCUT2D eigenvalue weighted by Gasteiger charge is -2.12. The first-order chi connectivity index (χ1) is 16.6. The van der Waals surface area contributed by atoms with Crippen LogP contribution in [0.5, 0.6) is 0 Å². The number of rotatable bonds is 22. The Morgan fingerprint density at radius 3 is 1.35 bits per heavy atom. The summed E-state index contributed by atoms with van der Waals surface area (Å²) in [6.07, 6.45) is -0.491. The molecule has 0 atom stereocenters. The molecule has 10 heteroatoms. The average Bonchev–Trinajstić information content (AvgIpc) is 2.82. The van der Waals surface area contributed by atoms with Crippen molar-refractivity contribution >= 4 is 11.8 Å². The van der Waals surface area contributed by atoms with Crippen molar-refractivity contribution in [1.82, 2.24) is 0 Å². The van der Waals surface area contributed by atoms with Crippen molar-refractivity contribution in [3.8, 4) is 0 Å². The second-order valence-electron chi connectivity index (χ2n) is 7.19. The molecule has 0 unspecified atom stereocenters. The Bertz CT molecular complexity index is 610. The third-order valence-corrected chi connectivity index (χ3v) is 4.46. The number of nitrogens with one attached hydrogen (secondary N) is 1. The summed E-state index contributed by atoms with van der Waals surface area (Å²) in [6, 6.07) is 5.82. The summed E-state index contributed by atoms with van der Waals surface area (Å²) in [5.41, 5.74) is 2.76. The molecule has 1 amide bonds. The molecule has 196 valence electrons. The summed E-state index contributed by atoms with van der Waals surface area (Å²) in [5, 5.41) is 2.76. The van der Waals surface area contributed by atoms with Gasteiger partial charge in [-0.2, -0.15) is 0 Å². The Morgan fingerprint density at radius 1 is 0.618 bits per heavy atom. The van der Waals surface area contributed by atoms with E-state index in [9.17, 15) is 4.79 Å². The maximum Gasteiger partial charge on any atom is 0.411 e. The molecular weight excluding hydrogens is 446 g/mol. The van der Waals surface area contributed by atoms with Gasteiger partial charge in [-0.25, -0.2) is 4.79 Å². The Balaban J connectivity index is 1.78. The third kappa shape index (κ3) is 16.8. The monoisotopic (exact) mass is 487 g/mol. The van der Waals surface area contributed by atoms with Crippen molar-refractivity contribution in [3.63, 3.8) is 0 Å². The van der Waals surface area contributed by atoms with Crippen molar-refractivity contribution < 1.29 is 42.7 Å². The molecule has 0 radical (unpaired) electrons. The van der Waals surface area contributed by atoms with Gasteiger partial charge in [0.05, 0.1) is 85.9 Å². The van der Waals surface area contributed by atoms with E-state index in [1.54, 1.807) is 7.11 Å². The average molecular weight is 488 g/mol. The van der Waals surface area contributed by atoms with Gasteiger partial charge in [-0.1, -0.05) is 18.2 Å². The van der Waals surface area contributed by atoms with Crippen LogP contribution in [0.2, 0.25) is 0 Å². The highest BCUT2D eigenvalue weighted by Crippen LogP contribution is 2.19. The Kier molecular flexibility index (Phi) is 19.3.